The van der Waals surface area contributed by atoms with E-state index in [-0.39, 0.29) is 27.9 Å². The zero-order valence-electron chi connectivity index (χ0n) is 28.3. The van der Waals surface area contributed by atoms with Crippen molar-refractivity contribution < 1.29 is 38.4 Å². The Morgan fingerprint density at radius 1 is 0.959 bits per heavy atom. The van der Waals surface area contributed by atoms with Gasteiger partial charge in [-0.15, -0.1) is 0 Å². The van der Waals surface area contributed by atoms with Crippen molar-refractivity contribution in [2.45, 2.75) is 59.6 Å². The second-order valence-electron chi connectivity index (χ2n) is 11.6. The second-order valence-corrected chi connectivity index (χ2v) is 12.5. The molecule has 0 radical (unpaired) electrons. The summed E-state index contributed by atoms with van der Waals surface area (Å²) in [6.45, 7) is 8.48. The smallest absolute Gasteiger partial charge is 0.350 e. The Hall–Kier alpha value is -5.16. The van der Waals surface area contributed by atoms with E-state index in [0.717, 1.165) is 41.7 Å². The van der Waals surface area contributed by atoms with Gasteiger partial charge in [-0.3, -0.25) is 14.5 Å². The maximum Gasteiger partial charge on any atom is 0.350 e. The van der Waals surface area contributed by atoms with Crippen LogP contribution in [0, 0.1) is 13.8 Å². The number of aryl methyl sites for hydroxylation is 2. The molecule has 1 N–H and O–H groups in total. The number of anilines is 1. The zero-order valence-corrected chi connectivity index (χ0v) is 29.1. The van der Waals surface area contributed by atoms with Crippen molar-refractivity contribution in [2.24, 2.45) is 0 Å². The topological polar surface area (TPSA) is 124 Å². The van der Waals surface area contributed by atoms with E-state index < -0.39 is 23.7 Å². The van der Waals surface area contributed by atoms with Gasteiger partial charge in [0.05, 0.1) is 37.6 Å². The summed E-state index contributed by atoms with van der Waals surface area (Å²) in [5.41, 5.74) is 3.15. The van der Waals surface area contributed by atoms with Crippen LogP contribution in [0.1, 0.15) is 76.8 Å². The minimum atomic E-state index is -1.10. The molecule has 1 aromatic heterocycles. The summed E-state index contributed by atoms with van der Waals surface area (Å²) in [5, 5.41) is 11.8. The molecule has 5 rings (SSSR count). The zero-order chi connectivity index (χ0) is 35.1. The van der Waals surface area contributed by atoms with Gasteiger partial charge in [0.2, 0.25) is 0 Å². The quantitative estimate of drug-likeness (QED) is 0.0467. The van der Waals surface area contributed by atoms with Gasteiger partial charge in [0, 0.05) is 5.56 Å². The van der Waals surface area contributed by atoms with E-state index >= 15 is 0 Å². The minimum absolute atomic E-state index is 0.116. The molecule has 1 unspecified atom stereocenters. The Balaban J connectivity index is 1.55. The average Bonchev–Trinajstić information content (AvgIpc) is 3.61. The van der Waals surface area contributed by atoms with Crippen LogP contribution in [0.15, 0.2) is 72.3 Å². The van der Waals surface area contributed by atoms with Crippen molar-refractivity contribution in [2.75, 3.05) is 25.2 Å². The number of Topliss-reactive ketones (excluding diaryl/α,β-unsaturated/α-hetero) is 1. The van der Waals surface area contributed by atoms with Crippen LogP contribution < -0.4 is 19.1 Å². The lowest BCUT2D eigenvalue weighted by Crippen LogP contribution is -2.29. The Kier molecular flexibility index (Phi) is 11.4. The first-order chi connectivity index (χ1) is 23.7. The Morgan fingerprint density at radius 2 is 1.73 bits per heavy atom. The number of ketones is 1. The van der Waals surface area contributed by atoms with Gasteiger partial charge in [0.15, 0.2) is 16.6 Å². The number of thiazole rings is 1. The van der Waals surface area contributed by atoms with E-state index in [1.165, 1.54) is 12.0 Å². The molecule has 1 aliphatic rings. The number of benzene rings is 3. The lowest BCUT2D eigenvalue weighted by atomic mass is 9.95. The molecule has 49 heavy (non-hydrogen) atoms. The lowest BCUT2D eigenvalue weighted by molar-refractivity contribution is -0.132. The third-order valence-corrected chi connectivity index (χ3v) is 9.16. The molecule has 1 atom stereocenters. The van der Waals surface area contributed by atoms with Gasteiger partial charge in [0.25, 0.3) is 5.78 Å². The standard InChI is InChI=1S/C38H40N2O8S/c1-6-8-9-19-47-29-18-15-27(21-30(29)45-5)32-31(34(42)36(43)40(32)38-39-24(4)35(49-38)37(44)46-7-2)33(41)26-13-16-28(17-14-26)48-22-25-12-10-11-23(3)20-25/h10-18,20-21,32,41H,6-9,19,22H2,1-5H3. The van der Waals surface area contributed by atoms with Crippen LogP contribution in [0.25, 0.3) is 5.76 Å². The van der Waals surface area contributed by atoms with Gasteiger partial charge < -0.3 is 24.1 Å². The minimum Gasteiger partial charge on any atom is -0.507 e. The number of rotatable bonds is 14. The molecule has 3 aromatic carbocycles. The van der Waals surface area contributed by atoms with Gasteiger partial charge in [-0.2, -0.15) is 0 Å². The Bertz CT molecular complexity index is 1860. The van der Waals surface area contributed by atoms with E-state index in [1.807, 2.05) is 31.2 Å². The summed E-state index contributed by atoms with van der Waals surface area (Å²) in [4.78, 5) is 46.1. The normalized spacial score (nSPS) is 15.4. The largest absolute Gasteiger partial charge is 0.507 e. The number of unbranched alkanes of at least 4 members (excludes halogenated alkanes) is 2. The van der Waals surface area contributed by atoms with Crippen LogP contribution in [0.3, 0.4) is 0 Å². The number of aromatic nitrogens is 1. The summed E-state index contributed by atoms with van der Waals surface area (Å²) in [7, 11) is 1.51. The van der Waals surface area contributed by atoms with Gasteiger partial charge in [-0.25, -0.2) is 9.78 Å². The first-order valence-electron chi connectivity index (χ1n) is 16.2. The number of methoxy groups -OCH3 is 1. The number of carbonyl (C=O) groups excluding carboxylic acids is 3. The molecule has 1 fully saturated rings. The molecule has 0 aliphatic carbocycles. The highest BCUT2D eigenvalue weighted by Gasteiger charge is 2.48. The molecule has 1 saturated heterocycles. The maximum absolute atomic E-state index is 13.8. The number of ether oxygens (including phenoxy) is 4. The Labute approximate surface area is 289 Å². The third-order valence-electron chi connectivity index (χ3n) is 8.02. The SMILES string of the molecule is CCCCCOc1ccc(C2C(=C(O)c3ccc(OCc4cccc(C)c4)cc3)C(=O)C(=O)N2c2nc(C)c(C(=O)OCC)s2)cc1OC. The molecule has 0 bridgehead atoms. The van der Waals surface area contributed by atoms with Gasteiger partial charge >= 0.3 is 11.9 Å². The first-order valence-corrected chi connectivity index (χ1v) is 17.0. The molecular formula is C38H40N2O8S. The summed E-state index contributed by atoms with van der Waals surface area (Å²) < 4.78 is 22.7. The van der Waals surface area contributed by atoms with Crippen LogP contribution in [0.4, 0.5) is 5.13 Å². The van der Waals surface area contributed by atoms with Crippen LogP contribution >= 0.6 is 11.3 Å². The first kappa shape index (κ1) is 35.2. The van der Waals surface area contributed by atoms with Crippen molar-refractivity contribution in [3.05, 3.63) is 105 Å². The fraction of sp³-hybridized carbons (Fsp3) is 0.316. The second kappa shape index (κ2) is 15.8. The predicted octanol–water partition coefficient (Wildman–Crippen LogP) is 7.72. The maximum atomic E-state index is 13.8. The molecule has 0 spiro atoms. The molecule has 256 valence electrons. The van der Waals surface area contributed by atoms with Crippen molar-refractivity contribution in [1.29, 1.82) is 0 Å². The van der Waals surface area contributed by atoms with Crippen LogP contribution in [-0.4, -0.2) is 48.1 Å². The number of hydrogen-bond donors (Lipinski definition) is 1. The Morgan fingerprint density at radius 3 is 2.43 bits per heavy atom. The molecule has 2 heterocycles. The predicted molar refractivity (Wildman–Crippen MR) is 188 cm³/mol. The number of aliphatic hydroxyl groups is 1. The summed E-state index contributed by atoms with van der Waals surface area (Å²) >= 11 is 0.944. The molecular weight excluding hydrogens is 644 g/mol. The fourth-order valence-corrected chi connectivity index (χ4v) is 6.54. The lowest BCUT2D eigenvalue weighted by Gasteiger charge is -2.24. The van der Waals surface area contributed by atoms with Crippen LogP contribution in [-0.2, 0) is 20.9 Å². The summed E-state index contributed by atoms with van der Waals surface area (Å²) in [6.07, 6.45) is 2.95. The molecule has 4 aromatic rings. The number of esters is 1. The highest BCUT2D eigenvalue weighted by atomic mass is 32.1. The van der Waals surface area contributed by atoms with E-state index in [2.05, 4.69) is 11.9 Å². The van der Waals surface area contributed by atoms with E-state index in [9.17, 15) is 19.5 Å². The fourth-order valence-electron chi connectivity index (χ4n) is 5.56. The van der Waals surface area contributed by atoms with Crippen molar-refractivity contribution in [3.8, 4) is 17.2 Å². The van der Waals surface area contributed by atoms with Gasteiger partial charge in [0.1, 0.15) is 23.0 Å². The van der Waals surface area contributed by atoms with Crippen molar-refractivity contribution in [1.82, 2.24) is 4.98 Å². The monoisotopic (exact) mass is 684 g/mol. The third kappa shape index (κ3) is 7.78. The number of amides is 1. The average molecular weight is 685 g/mol. The summed E-state index contributed by atoms with van der Waals surface area (Å²) in [5.74, 6) is -1.26. The highest BCUT2D eigenvalue weighted by Crippen LogP contribution is 2.45. The van der Waals surface area contributed by atoms with Crippen molar-refractivity contribution in [3.63, 3.8) is 0 Å². The molecule has 1 aliphatic heterocycles. The molecule has 11 heteroatoms. The van der Waals surface area contributed by atoms with Crippen LogP contribution in [0.2, 0.25) is 0 Å². The van der Waals surface area contributed by atoms with E-state index in [1.54, 1.807) is 56.3 Å². The molecule has 10 nitrogen and oxygen atoms in total. The number of nitrogens with zero attached hydrogens (tertiary/aromatic N) is 2. The van der Waals surface area contributed by atoms with Gasteiger partial charge in [-0.1, -0.05) is 67.0 Å². The van der Waals surface area contributed by atoms with E-state index in [0.29, 0.717) is 47.3 Å². The van der Waals surface area contributed by atoms with Crippen LogP contribution in [0.5, 0.6) is 17.2 Å². The number of carbonyl (C=O) groups is 3. The van der Waals surface area contributed by atoms with Gasteiger partial charge in [-0.05, 0) is 74.7 Å². The number of hydrogen-bond acceptors (Lipinski definition) is 10. The van der Waals surface area contributed by atoms with Crippen molar-refractivity contribution >= 4 is 39.9 Å². The summed E-state index contributed by atoms with van der Waals surface area (Å²) in [6, 6.07) is 18.7. The molecule has 0 saturated carbocycles. The number of aliphatic hydroxyl groups excluding tert-OH is 1. The molecule has 1 amide bonds. The highest BCUT2D eigenvalue weighted by molar-refractivity contribution is 7.17. The van der Waals surface area contributed by atoms with E-state index in [4.69, 9.17) is 18.9 Å².